The number of thiophene rings is 1. The highest BCUT2D eigenvalue weighted by molar-refractivity contribution is 7.20. The molecule has 0 radical (unpaired) electrons. The zero-order valence-corrected chi connectivity index (χ0v) is 9.90. The maximum absolute atomic E-state index is 3.88. The number of rotatable bonds is 2. The van der Waals surface area contributed by atoms with Crippen molar-refractivity contribution in [1.82, 2.24) is 0 Å². The molecule has 1 aromatic carbocycles. The van der Waals surface area contributed by atoms with Crippen LogP contribution in [0, 0.1) is 6.92 Å². The highest BCUT2D eigenvalue weighted by Gasteiger charge is 2.08. The van der Waals surface area contributed by atoms with Gasteiger partial charge in [0.15, 0.2) is 0 Å². The number of fused-ring (bicyclic) bond motifs is 1. The third-order valence-electron chi connectivity index (χ3n) is 2.50. The van der Waals surface area contributed by atoms with Gasteiger partial charge in [0.2, 0.25) is 0 Å². The molecule has 0 amide bonds. The summed E-state index contributed by atoms with van der Waals surface area (Å²) < 4.78 is 1.38. The normalized spacial score (nSPS) is 11.3. The van der Waals surface area contributed by atoms with Crippen molar-refractivity contribution in [1.29, 1.82) is 0 Å². The second-order valence-electron chi connectivity index (χ2n) is 3.54. The molecule has 0 aliphatic rings. The van der Waals surface area contributed by atoms with E-state index in [4.69, 9.17) is 0 Å². The van der Waals surface area contributed by atoms with E-state index in [-0.39, 0.29) is 0 Å². The van der Waals surface area contributed by atoms with Crippen LogP contribution in [-0.4, -0.2) is 0 Å². The number of hydrogen-bond acceptors (Lipinski definition) is 1. The van der Waals surface area contributed by atoms with Crippen molar-refractivity contribution < 1.29 is 0 Å². The fraction of sp³-hybridized carbons (Fsp3) is 0.143. The van der Waals surface area contributed by atoms with Gasteiger partial charge in [0.25, 0.3) is 0 Å². The molecule has 0 aliphatic carbocycles. The van der Waals surface area contributed by atoms with Crippen LogP contribution >= 0.6 is 11.3 Å². The molecule has 0 aliphatic heterocycles. The van der Waals surface area contributed by atoms with Crippen LogP contribution in [0.25, 0.3) is 22.2 Å². The van der Waals surface area contributed by atoms with Gasteiger partial charge in [0.05, 0.1) is 0 Å². The van der Waals surface area contributed by atoms with E-state index < -0.39 is 0 Å². The molecular weight excluding hydrogens is 200 g/mol. The predicted octanol–water partition coefficient (Wildman–Crippen LogP) is 4.89. The molecule has 1 heteroatoms. The van der Waals surface area contributed by atoms with E-state index in [1.54, 1.807) is 0 Å². The zero-order chi connectivity index (χ0) is 10.8. The van der Waals surface area contributed by atoms with Crippen LogP contribution in [0.15, 0.2) is 30.9 Å². The minimum Gasteiger partial charge on any atom is -0.135 e. The lowest BCUT2D eigenvalue weighted by molar-refractivity contribution is 1.56. The molecule has 0 N–H and O–H groups in total. The maximum Gasteiger partial charge on any atom is 0.0384 e. The van der Waals surface area contributed by atoms with Gasteiger partial charge in [-0.3, -0.25) is 0 Å². The van der Waals surface area contributed by atoms with Crippen LogP contribution in [-0.2, 0) is 0 Å². The Hall–Kier alpha value is -1.34. The molecule has 0 fully saturated rings. The Labute approximate surface area is 94.6 Å². The standard InChI is InChI=1S/C14H14S/c1-4-7-11-12-9-6-8-10(3)14(12)15-13(11)5-2/h4-9H,2H2,1,3H3. The summed E-state index contributed by atoms with van der Waals surface area (Å²) in [6.45, 7) is 8.08. The maximum atomic E-state index is 3.88. The van der Waals surface area contributed by atoms with E-state index in [2.05, 4.69) is 43.9 Å². The molecule has 2 aromatic rings. The minimum absolute atomic E-state index is 1.26. The van der Waals surface area contributed by atoms with E-state index >= 15 is 0 Å². The highest BCUT2D eigenvalue weighted by atomic mass is 32.1. The molecule has 1 heterocycles. The Morgan fingerprint density at radius 1 is 1.33 bits per heavy atom. The molecule has 0 saturated heterocycles. The van der Waals surface area contributed by atoms with E-state index in [9.17, 15) is 0 Å². The van der Waals surface area contributed by atoms with Gasteiger partial charge in [0.1, 0.15) is 0 Å². The van der Waals surface area contributed by atoms with Crippen molar-refractivity contribution in [2.45, 2.75) is 13.8 Å². The van der Waals surface area contributed by atoms with Gasteiger partial charge in [-0.2, -0.15) is 0 Å². The van der Waals surface area contributed by atoms with Gasteiger partial charge in [-0.25, -0.2) is 0 Å². The summed E-state index contributed by atoms with van der Waals surface area (Å²) >= 11 is 1.82. The Morgan fingerprint density at radius 3 is 2.80 bits per heavy atom. The average Bonchev–Trinajstić information content (AvgIpc) is 2.59. The molecular formula is C14H14S. The fourth-order valence-corrected chi connectivity index (χ4v) is 2.90. The second kappa shape index (κ2) is 4.03. The average molecular weight is 214 g/mol. The molecule has 76 valence electrons. The number of benzene rings is 1. The summed E-state index contributed by atoms with van der Waals surface area (Å²) in [5, 5.41) is 1.34. The van der Waals surface area contributed by atoms with E-state index in [1.807, 2.05) is 24.3 Å². The van der Waals surface area contributed by atoms with Gasteiger partial charge >= 0.3 is 0 Å². The van der Waals surface area contributed by atoms with Crippen LogP contribution in [0.2, 0.25) is 0 Å². The predicted molar refractivity (Wildman–Crippen MR) is 71.4 cm³/mol. The lowest BCUT2D eigenvalue weighted by atomic mass is 10.1. The largest absolute Gasteiger partial charge is 0.135 e. The Balaban J connectivity index is 2.85. The summed E-state index contributed by atoms with van der Waals surface area (Å²) in [4.78, 5) is 1.26. The molecule has 0 saturated carbocycles. The zero-order valence-electron chi connectivity index (χ0n) is 9.08. The second-order valence-corrected chi connectivity index (χ2v) is 4.59. The molecule has 0 atom stereocenters. The SMILES string of the molecule is C=Cc1sc2c(C)cccc2c1C=CC. The molecule has 0 unspecified atom stereocenters. The molecule has 0 bridgehead atoms. The smallest absolute Gasteiger partial charge is 0.0384 e. The summed E-state index contributed by atoms with van der Waals surface area (Å²) in [6.07, 6.45) is 6.19. The van der Waals surface area contributed by atoms with Crippen LogP contribution in [0.3, 0.4) is 0 Å². The van der Waals surface area contributed by atoms with Gasteiger partial charge in [-0.1, -0.05) is 43.0 Å². The van der Waals surface area contributed by atoms with E-state index in [0.29, 0.717) is 0 Å². The van der Waals surface area contributed by atoms with Crippen molar-refractivity contribution in [3.05, 3.63) is 46.9 Å². The van der Waals surface area contributed by atoms with E-state index in [0.717, 1.165) is 0 Å². The monoisotopic (exact) mass is 214 g/mol. The topological polar surface area (TPSA) is 0 Å². The van der Waals surface area contributed by atoms with Crippen molar-refractivity contribution in [2.75, 3.05) is 0 Å². The lowest BCUT2D eigenvalue weighted by Gasteiger charge is -1.95. The fourth-order valence-electron chi connectivity index (χ4n) is 1.79. The minimum atomic E-state index is 1.26. The molecule has 0 nitrogen and oxygen atoms in total. The summed E-state index contributed by atoms with van der Waals surface area (Å²) in [6, 6.07) is 6.45. The van der Waals surface area contributed by atoms with Crippen LogP contribution in [0.5, 0.6) is 0 Å². The van der Waals surface area contributed by atoms with E-state index in [1.165, 1.54) is 26.1 Å². The number of hydrogen-bond donors (Lipinski definition) is 0. The first-order valence-corrected chi connectivity index (χ1v) is 5.87. The summed E-state index contributed by atoms with van der Waals surface area (Å²) in [7, 11) is 0. The van der Waals surface area contributed by atoms with Gasteiger partial charge in [-0.15, -0.1) is 11.3 Å². The van der Waals surface area contributed by atoms with Crippen molar-refractivity contribution in [3.63, 3.8) is 0 Å². The first-order chi connectivity index (χ1) is 7.27. The van der Waals surface area contributed by atoms with Crippen molar-refractivity contribution in [3.8, 4) is 0 Å². The Bertz CT molecular complexity index is 530. The molecule has 1 aromatic heterocycles. The number of aryl methyl sites for hydroxylation is 1. The van der Waals surface area contributed by atoms with Crippen LogP contribution in [0.4, 0.5) is 0 Å². The lowest BCUT2D eigenvalue weighted by Crippen LogP contribution is -1.73. The van der Waals surface area contributed by atoms with Crippen LogP contribution < -0.4 is 0 Å². The summed E-state index contributed by atoms with van der Waals surface area (Å²) in [5.41, 5.74) is 2.65. The highest BCUT2D eigenvalue weighted by Crippen LogP contribution is 2.34. The first-order valence-electron chi connectivity index (χ1n) is 5.05. The molecule has 15 heavy (non-hydrogen) atoms. The Morgan fingerprint density at radius 2 is 2.13 bits per heavy atom. The quantitative estimate of drug-likeness (QED) is 0.668. The van der Waals surface area contributed by atoms with Gasteiger partial charge in [0, 0.05) is 15.0 Å². The summed E-state index contributed by atoms with van der Waals surface area (Å²) in [5.74, 6) is 0. The first kappa shape index (κ1) is 10.2. The third kappa shape index (κ3) is 1.64. The van der Waals surface area contributed by atoms with Gasteiger partial charge < -0.3 is 0 Å². The third-order valence-corrected chi connectivity index (χ3v) is 3.85. The van der Waals surface area contributed by atoms with Gasteiger partial charge in [-0.05, 0) is 25.0 Å². The van der Waals surface area contributed by atoms with Crippen molar-refractivity contribution >= 4 is 33.6 Å². The molecule has 0 spiro atoms. The Kier molecular flexibility index (Phi) is 2.74. The molecule has 2 rings (SSSR count). The number of allylic oxidation sites excluding steroid dienone is 1. The van der Waals surface area contributed by atoms with Crippen molar-refractivity contribution in [2.24, 2.45) is 0 Å². The van der Waals surface area contributed by atoms with Crippen LogP contribution in [0.1, 0.15) is 22.9 Å².